The second kappa shape index (κ2) is 9.06. The molecule has 194 valence electrons. The van der Waals surface area contributed by atoms with E-state index in [-0.39, 0.29) is 23.4 Å². The van der Waals surface area contributed by atoms with E-state index in [4.69, 9.17) is 4.74 Å². The number of aryl methyl sites for hydroxylation is 1. The number of hydrogen-bond acceptors (Lipinski definition) is 6. The van der Waals surface area contributed by atoms with Gasteiger partial charge >= 0.3 is 0 Å². The van der Waals surface area contributed by atoms with E-state index in [0.717, 1.165) is 36.1 Å². The van der Waals surface area contributed by atoms with Crippen LogP contribution in [-0.2, 0) is 16.8 Å². The third kappa shape index (κ3) is 3.40. The third-order valence-electron chi connectivity index (χ3n) is 8.60. The van der Waals surface area contributed by atoms with Crippen LogP contribution in [0.1, 0.15) is 52.7 Å². The molecular weight excluding hydrogens is 482 g/mol. The van der Waals surface area contributed by atoms with E-state index in [0.29, 0.717) is 23.4 Å². The zero-order valence-corrected chi connectivity index (χ0v) is 21.3. The number of methoxy groups -OCH3 is 1. The molecule has 0 aliphatic carbocycles. The number of ketones is 1. The number of non-ortho nitro benzene ring substituents is 1. The Morgan fingerprint density at radius 1 is 1.16 bits per heavy atom. The molecule has 4 atom stereocenters. The van der Waals surface area contributed by atoms with E-state index in [2.05, 4.69) is 23.2 Å². The van der Waals surface area contributed by atoms with Crippen molar-refractivity contribution in [2.24, 2.45) is 5.92 Å². The number of amides is 1. The number of benzene rings is 3. The molecule has 3 heterocycles. The molecule has 2 saturated heterocycles. The summed E-state index contributed by atoms with van der Waals surface area (Å²) in [5.74, 6) is -0.878. The summed E-state index contributed by atoms with van der Waals surface area (Å²) in [5, 5.41) is 14.8. The fraction of sp³-hybridized carbons (Fsp3) is 0.333. The fourth-order valence-corrected chi connectivity index (χ4v) is 6.98. The van der Waals surface area contributed by atoms with E-state index < -0.39 is 22.3 Å². The molecule has 1 amide bonds. The highest BCUT2D eigenvalue weighted by Gasteiger charge is 2.69. The molecule has 1 spiro atoms. The number of nitro benzene ring substituents is 1. The predicted molar refractivity (Wildman–Crippen MR) is 143 cm³/mol. The lowest BCUT2D eigenvalue weighted by Crippen LogP contribution is -2.52. The minimum Gasteiger partial charge on any atom is -0.497 e. The summed E-state index contributed by atoms with van der Waals surface area (Å²) in [5.41, 5.74) is 2.62. The first-order valence-corrected chi connectivity index (χ1v) is 13.0. The van der Waals surface area contributed by atoms with Crippen LogP contribution in [-0.4, -0.2) is 41.2 Å². The van der Waals surface area contributed by atoms with Gasteiger partial charge in [-0.3, -0.25) is 24.6 Å². The van der Waals surface area contributed by atoms with Crippen LogP contribution in [0.25, 0.3) is 0 Å². The Hall–Kier alpha value is -4.04. The van der Waals surface area contributed by atoms with E-state index in [9.17, 15) is 19.7 Å². The summed E-state index contributed by atoms with van der Waals surface area (Å²) in [7, 11) is 1.57. The molecule has 8 nitrogen and oxygen atoms in total. The van der Waals surface area contributed by atoms with Crippen LogP contribution >= 0.6 is 0 Å². The molecule has 38 heavy (non-hydrogen) atoms. The van der Waals surface area contributed by atoms with Crippen molar-refractivity contribution in [2.45, 2.75) is 43.7 Å². The van der Waals surface area contributed by atoms with Crippen LogP contribution in [0.2, 0.25) is 0 Å². The molecule has 0 aromatic heterocycles. The van der Waals surface area contributed by atoms with Gasteiger partial charge in [-0.05, 0) is 67.3 Å². The number of carbonyl (C=O) groups is 2. The number of ether oxygens (including phenoxy) is 1. The van der Waals surface area contributed by atoms with Gasteiger partial charge in [-0.25, -0.2) is 0 Å². The molecule has 3 aromatic rings. The number of Topliss-reactive ketones (excluding diaryl/α,β-unsaturated/α-hetero) is 1. The standard InChI is InChI=1S/C30H29N3O5/c1-3-18-9-14-24-23(16-18)30(29(35)31-24)27(28(34)19-10-12-22(38-2)13-11-19)26(25-8-5-15-32(25)30)20-6-4-7-21(17-20)33(36)37/h4,6-7,9-14,16-17,25-27H,3,5,8,15H2,1-2H3,(H,31,35)/t25?,26?,27?,30-/m1/s1. The maximum absolute atomic E-state index is 14.6. The number of hydrogen-bond donors (Lipinski definition) is 1. The van der Waals surface area contributed by atoms with Crippen LogP contribution in [0.5, 0.6) is 5.75 Å². The van der Waals surface area contributed by atoms with Gasteiger partial charge in [0, 0.05) is 40.9 Å². The summed E-state index contributed by atoms with van der Waals surface area (Å²) in [6.45, 7) is 2.74. The van der Waals surface area contributed by atoms with Crippen LogP contribution in [0, 0.1) is 16.0 Å². The second-order valence-electron chi connectivity index (χ2n) is 10.3. The number of carbonyl (C=O) groups excluding carboxylic acids is 2. The molecule has 2 fully saturated rings. The second-order valence-corrected chi connectivity index (χ2v) is 10.3. The monoisotopic (exact) mass is 511 g/mol. The van der Waals surface area contributed by atoms with E-state index >= 15 is 0 Å². The molecule has 6 rings (SSSR count). The van der Waals surface area contributed by atoms with Crippen molar-refractivity contribution in [3.8, 4) is 5.75 Å². The van der Waals surface area contributed by atoms with Crippen molar-refractivity contribution in [3.63, 3.8) is 0 Å². The van der Waals surface area contributed by atoms with Crippen molar-refractivity contribution < 1.29 is 19.2 Å². The molecule has 8 heteroatoms. The van der Waals surface area contributed by atoms with Crippen LogP contribution < -0.4 is 10.1 Å². The van der Waals surface area contributed by atoms with Gasteiger partial charge in [-0.15, -0.1) is 0 Å². The lowest BCUT2D eigenvalue weighted by atomic mass is 9.68. The Kier molecular flexibility index (Phi) is 5.79. The van der Waals surface area contributed by atoms with Crippen molar-refractivity contribution >= 4 is 23.1 Å². The number of nitro groups is 1. The minimum atomic E-state index is -1.20. The van der Waals surface area contributed by atoms with Gasteiger partial charge in [-0.2, -0.15) is 0 Å². The number of nitrogens with one attached hydrogen (secondary N) is 1. The molecule has 3 aliphatic rings. The summed E-state index contributed by atoms with van der Waals surface area (Å²) in [6.07, 6.45) is 2.49. The zero-order valence-electron chi connectivity index (χ0n) is 21.3. The van der Waals surface area contributed by atoms with Crippen LogP contribution in [0.4, 0.5) is 11.4 Å². The molecule has 3 aliphatic heterocycles. The van der Waals surface area contributed by atoms with Gasteiger partial charge in [0.25, 0.3) is 5.69 Å². The molecule has 0 saturated carbocycles. The molecule has 0 radical (unpaired) electrons. The van der Waals surface area contributed by atoms with Gasteiger partial charge in [-0.1, -0.05) is 31.2 Å². The first-order chi connectivity index (χ1) is 18.4. The summed E-state index contributed by atoms with van der Waals surface area (Å²) >= 11 is 0. The first-order valence-electron chi connectivity index (χ1n) is 13.0. The summed E-state index contributed by atoms with van der Waals surface area (Å²) in [4.78, 5) is 42.2. The van der Waals surface area contributed by atoms with E-state index in [1.54, 1.807) is 43.5 Å². The van der Waals surface area contributed by atoms with E-state index in [1.165, 1.54) is 6.07 Å². The Balaban J connectivity index is 1.60. The maximum Gasteiger partial charge on any atom is 0.269 e. The summed E-state index contributed by atoms with van der Waals surface area (Å²) < 4.78 is 5.30. The van der Waals surface area contributed by atoms with Crippen LogP contribution in [0.3, 0.4) is 0 Å². The Morgan fingerprint density at radius 2 is 1.95 bits per heavy atom. The minimum absolute atomic E-state index is 0.0202. The molecule has 3 aromatic carbocycles. The van der Waals surface area contributed by atoms with Gasteiger partial charge in [0.2, 0.25) is 5.91 Å². The van der Waals surface area contributed by atoms with Gasteiger partial charge in [0.1, 0.15) is 11.3 Å². The summed E-state index contributed by atoms with van der Waals surface area (Å²) in [6, 6.07) is 19.4. The average Bonchev–Trinajstić information content (AvgIpc) is 3.61. The number of rotatable bonds is 6. The first kappa shape index (κ1) is 24.3. The topological polar surface area (TPSA) is 102 Å². The van der Waals surface area contributed by atoms with Crippen molar-refractivity contribution in [1.29, 1.82) is 0 Å². The lowest BCUT2D eigenvalue weighted by molar-refractivity contribution is -0.384. The fourth-order valence-electron chi connectivity index (χ4n) is 6.98. The Bertz CT molecular complexity index is 1450. The number of anilines is 1. The van der Waals surface area contributed by atoms with Crippen molar-refractivity contribution in [3.05, 3.63) is 99.1 Å². The smallest absolute Gasteiger partial charge is 0.269 e. The molecule has 0 bridgehead atoms. The Morgan fingerprint density at radius 3 is 2.66 bits per heavy atom. The van der Waals surface area contributed by atoms with Crippen LogP contribution in [0.15, 0.2) is 66.7 Å². The number of nitrogens with zero attached hydrogens (tertiary/aromatic N) is 2. The zero-order chi connectivity index (χ0) is 26.6. The third-order valence-corrected chi connectivity index (χ3v) is 8.60. The normalized spacial score (nSPS) is 25.7. The number of fused-ring (bicyclic) bond motifs is 4. The van der Waals surface area contributed by atoms with E-state index in [1.807, 2.05) is 18.2 Å². The van der Waals surface area contributed by atoms with Gasteiger partial charge in [0.15, 0.2) is 5.78 Å². The molecular formula is C30H29N3O5. The van der Waals surface area contributed by atoms with Crippen molar-refractivity contribution in [2.75, 3.05) is 19.0 Å². The Labute approximate surface area is 220 Å². The maximum atomic E-state index is 14.6. The highest BCUT2D eigenvalue weighted by atomic mass is 16.6. The van der Waals surface area contributed by atoms with Gasteiger partial charge in [0.05, 0.1) is 18.0 Å². The molecule has 3 unspecified atom stereocenters. The predicted octanol–water partition coefficient (Wildman–Crippen LogP) is 5.07. The highest BCUT2D eigenvalue weighted by molar-refractivity contribution is 6.12. The SMILES string of the molecule is CCc1ccc2c(c1)[C@]1(C(=O)N2)C(C(=O)c2ccc(OC)cc2)C(c2cccc([N+](=O)[O-])c2)C2CCCN21. The average molecular weight is 512 g/mol. The van der Waals surface area contributed by atoms with Crippen molar-refractivity contribution in [1.82, 2.24) is 4.90 Å². The lowest BCUT2D eigenvalue weighted by Gasteiger charge is -2.37. The quantitative estimate of drug-likeness (QED) is 0.282. The highest BCUT2D eigenvalue weighted by Crippen LogP contribution is 2.61. The largest absolute Gasteiger partial charge is 0.497 e. The molecule has 1 N–H and O–H groups in total. The van der Waals surface area contributed by atoms with Gasteiger partial charge < -0.3 is 10.1 Å².